The second kappa shape index (κ2) is 9.54. The number of hydrogen-bond acceptors (Lipinski definition) is 5. The first-order chi connectivity index (χ1) is 16.7. The van der Waals surface area contributed by atoms with Gasteiger partial charge in [0.2, 0.25) is 5.91 Å². The number of amides is 1. The Hall–Kier alpha value is -4.27. The number of esters is 1. The summed E-state index contributed by atoms with van der Waals surface area (Å²) in [6, 6.07) is 4.76. The monoisotopic (exact) mass is 475 g/mol. The van der Waals surface area contributed by atoms with E-state index in [1.807, 2.05) is 13.1 Å². The van der Waals surface area contributed by atoms with E-state index < -0.39 is 17.7 Å². The van der Waals surface area contributed by atoms with Crippen LogP contribution in [-0.2, 0) is 16.1 Å². The zero-order valence-corrected chi connectivity index (χ0v) is 20.0. The van der Waals surface area contributed by atoms with Gasteiger partial charge in [-0.1, -0.05) is 6.58 Å². The Labute approximate surface area is 201 Å². The van der Waals surface area contributed by atoms with E-state index in [2.05, 4.69) is 27.0 Å². The second-order valence-electron chi connectivity index (χ2n) is 8.36. The average Bonchev–Trinajstić information content (AvgIpc) is 3.45. The zero-order valence-electron chi connectivity index (χ0n) is 20.0. The summed E-state index contributed by atoms with van der Waals surface area (Å²) in [4.78, 5) is 32.2. The van der Waals surface area contributed by atoms with Gasteiger partial charge in [0.15, 0.2) is 0 Å². The number of pyridine rings is 1. The summed E-state index contributed by atoms with van der Waals surface area (Å²) in [6.45, 7) is 11.2. The number of fused-ring (bicyclic) bond motifs is 1. The molecule has 0 aliphatic rings. The molecule has 9 heteroatoms. The van der Waals surface area contributed by atoms with E-state index in [1.54, 1.807) is 43.8 Å². The van der Waals surface area contributed by atoms with Crippen LogP contribution in [0, 0.1) is 12.7 Å². The van der Waals surface area contributed by atoms with Gasteiger partial charge in [0, 0.05) is 46.7 Å². The van der Waals surface area contributed by atoms with Crippen molar-refractivity contribution >= 4 is 28.6 Å². The van der Waals surface area contributed by atoms with Gasteiger partial charge in [-0.2, -0.15) is 5.10 Å². The SMILES string of the molecule is C=CC(=O)Nc1cc(-c2c(-c3cnn(CC)c3)[nH]c3ncc(C(=O)OC(C)C)cc23)cc(F)c1C. The van der Waals surface area contributed by atoms with Crippen molar-refractivity contribution in [1.29, 1.82) is 0 Å². The van der Waals surface area contributed by atoms with Crippen LogP contribution in [0.25, 0.3) is 33.4 Å². The first kappa shape index (κ1) is 23.9. The van der Waals surface area contributed by atoms with Crippen LogP contribution >= 0.6 is 0 Å². The molecule has 35 heavy (non-hydrogen) atoms. The molecule has 4 aromatic rings. The second-order valence-corrected chi connectivity index (χ2v) is 8.36. The van der Waals surface area contributed by atoms with Gasteiger partial charge in [-0.15, -0.1) is 0 Å². The number of carbonyl (C=O) groups excluding carboxylic acids is 2. The Morgan fingerprint density at radius 1 is 1.26 bits per heavy atom. The van der Waals surface area contributed by atoms with Crippen molar-refractivity contribution in [1.82, 2.24) is 19.7 Å². The first-order valence-electron chi connectivity index (χ1n) is 11.2. The van der Waals surface area contributed by atoms with Crippen LogP contribution in [0.1, 0.15) is 36.7 Å². The van der Waals surface area contributed by atoms with E-state index in [0.717, 1.165) is 11.6 Å². The fourth-order valence-corrected chi connectivity index (χ4v) is 3.78. The average molecular weight is 476 g/mol. The molecule has 0 aliphatic heterocycles. The van der Waals surface area contributed by atoms with Gasteiger partial charge in [-0.3, -0.25) is 9.48 Å². The summed E-state index contributed by atoms with van der Waals surface area (Å²) in [6.07, 6.45) is 5.85. The highest BCUT2D eigenvalue weighted by Crippen LogP contribution is 2.40. The number of halogens is 1. The zero-order chi connectivity index (χ0) is 25.3. The van der Waals surface area contributed by atoms with E-state index in [1.165, 1.54) is 12.3 Å². The van der Waals surface area contributed by atoms with Crippen molar-refractivity contribution < 1.29 is 18.7 Å². The topological polar surface area (TPSA) is 102 Å². The molecular weight excluding hydrogens is 449 g/mol. The minimum Gasteiger partial charge on any atom is -0.459 e. The van der Waals surface area contributed by atoms with Gasteiger partial charge in [-0.05, 0) is 57.5 Å². The molecule has 3 heterocycles. The predicted molar refractivity (Wildman–Crippen MR) is 132 cm³/mol. The Morgan fingerprint density at radius 2 is 2.03 bits per heavy atom. The number of aryl methyl sites for hydroxylation is 1. The molecular formula is C26H26FN5O3. The third kappa shape index (κ3) is 4.70. The van der Waals surface area contributed by atoms with Gasteiger partial charge >= 0.3 is 5.97 Å². The van der Waals surface area contributed by atoms with Crippen molar-refractivity contribution in [2.45, 2.75) is 40.3 Å². The molecule has 1 amide bonds. The van der Waals surface area contributed by atoms with Crippen molar-refractivity contribution in [3.63, 3.8) is 0 Å². The molecule has 3 aromatic heterocycles. The fraction of sp³-hybridized carbons (Fsp3) is 0.231. The summed E-state index contributed by atoms with van der Waals surface area (Å²) < 4.78 is 22.1. The van der Waals surface area contributed by atoms with E-state index in [4.69, 9.17) is 4.74 Å². The Balaban J connectivity index is 1.98. The first-order valence-corrected chi connectivity index (χ1v) is 11.2. The predicted octanol–water partition coefficient (Wildman–Crippen LogP) is 5.25. The minimum absolute atomic E-state index is 0.273. The number of aromatic nitrogens is 4. The lowest BCUT2D eigenvalue weighted by atomic mass is 9.97. The van der Waals surface area contributed by atoms with E-state index in [-0.39, 0.29) is 11.7 Å². The number of aromatic amines is 1. The smallest absolute Gasteiger partial charge is 0.339 e. The van der Waals surface area contributed by atoms with Crippen LogP contribution in [0.4, 0.5) is 10.1 Å². The maximum Gasteiger partial charge on any atom is 0.339 e. The van der Waals surface area contributed by atoms with E-state index in [9.17, 15) is 9.59 Å². The molecule has 0 bridgehead atoms. The fourth-order valence-electron chi connectivity index (χ4n) is 3.78. The number of H-pyrrole nitrogens is 1. The molecule has 0 radical (unpaired) electrons. The van der Waals surface area contributed by atoms with Gasteiger partial charge < -0.3 is 15.0 Å². The van der Waals surface area contributed by atoms with Crippen molar-refractivity contribution in [2.75, 3.05) is 5.32 Å². The quantitative estimate of drug-likeness (QED) is 0.281. The Kier molecular flexibility index (Phi) is 6.50. The highest BCUT2D eigenvalue weighted by Gasteiger charge is 2.22. The molecule has 180 valence electrons. The summed E-state index contributed by atoms with van der Waals surface area (Å²) in [5.74, 6) is -1.45. The number of hydrogen-bond donors (Lipinski definition) is 2. The standard InChI is InChI=1S/C26H26FN5O3/c1-6-22(33)30-21-10-16(9-20(27)15(21)5)23-19-8-17(26(34)35-14(3)4)11-28-25(19)31-24(23)18-12-29-32(7-2)13-18/h6,8-14H,1,7H2,2-5H3,(H,28,31)(H,30,33). The molecule has 0 saturated heterocycles. The Bertz CT molecular complexity index is 1450. The van der Waals surface area contributed by atoms with Gasteiger partial charge in [-0.25, -0.2) is 14.2 Å². The van der Waals surface area contributed by atoms with E-state index >= 15 is 4.39 Å². The molecule has 2 N–H and O–H groups in total. The van der Waals surface area contributed by atoms with Gasteiger partial charge in [0.25, 0.3) is 0 Å². The lowest BCUT2D eigenvalue weighted by Gasteiger charge is -2.12. The molecule has 0 fully saturated rings. The van der Waals surface area contributed by atoms with E-state index in [0.29, 0.717) is 45.6 Å². The molecule has 0 spiro atoms. The number of benzene rings is 1. The highest BCUT2D eigenvalue weighted by molar-refractivity contribution is 6.06. The molecule has 0 atom stereocenters. The summed E-state index contributed by atoms with van der Waals surface area (Å²) in [5.41, 5.74) is 3.94. The summed E-state index contributed by atoms with van der Waals surface area (Å²) in [5, 5.41) is 7.62. The molecule has 0 saturated carbocycles. The number of nitrogens with one attached hydrogen (secondary N) is 2. The van der Waals surface area contributed by atoms with Crippen molar-refractivity contribution in [2.24, 2.45) is 0 Å². The lowest BCUT2D eigenvalue weighted by molar-refractivity contribution is -0.111. The van der Waals surface area contributed by atoms with Gasteiger partial charge in [0.1, 0.15) is 11.5 Å². The van der Waals surface area contributed by atoms with Crippen LogP contribution in [0.5, 0.6) is 0 Å². The number of anilines is 1. The molecule has 1 aromatic carbocycles. The number of ether oxygens (including phenoxy) is 1. The third-order valence-corrected chi connectivity index (χ3v) is 5.55. The number of carbonyl (C=O) groups is 2. The molecule has 0 aliphatic carbocycles. The third-order valence-electron chi connectivity index (χ3n) is 5.55. The van der Waals surface area contributed by atoms with Crippen LogP contribution in [0.2, 0.25) is 0 Å². The highest BCUT2D eigenvalue weighted by atomic mass is 19.1. The molecule has 0 unspecified atom stereocenters. The molecule has 8 nitrogen and oxygen atoms in total. The Morgan fingerprint density at radius 3 is 2.69 bits per heavy atom. The van der Waals surface area contributed by atoms with Crippen LogP contribution in [-0.4, -0.2) is 37.7 Å². The molecule has 4 rings (SSSR count). The van der Waals surface area contributed by atoms with Crippen molar-refractivity contribution in [3.05, 3.63) is 66.4 Å². The number of rotatable bonds is 7. The van der Waals surface area contributed by atoms with Crippen LogP contribution in [0.15, 0.2) is 49.4 Å². The summed E-state index contributed by atoms with van der Waals surface area (Å²) in [7, 11) is 0. The van der Waals surface area contributed by atoms with Crippen LogP contribution in [0.3, 0.4) is 0 Å². The van der Waals surface area contributed by atoms with Gasteiger partial charge in [0.05, 0.1) is 23.6 Å². The number of nitrogens with zero attached hydrogens (tertiary/aromatic N) is 3. The summed E-state index contributed by atoms with van der Waals surface area (Å²) >= 11 is 0. The normalized spacial score (nSPS) is 11.1. The largest absolute Gasteiger partial charge is 0.459 e. The maximum absolute atomic E-state index is 15.0. The maximum atomic E-state index is 15.0. The lowest BCUT2D eigenvalue weighted by Crippen LogP contribution is -2.11. The van der Waals surface area contributed by atoms with Crippen LogP contribution < -0.4 is 5.32 Å². The minimum atomic E-state index is -0.504. The van der Waals surface area contributed by atoms with Crippen molar-refractivity contribution in [3.8, 4) is 22.4 Å².